The standard InChI is InChI=1S/C17H15IN2O4/c1-22-15-9-13(14(18)10-16(15)23-2)17(21)20-11-3-5-12(6-4-11)24-8-7-19/h3-6,9-10H,8H2,1-2H3,(H,20,21). The molecule has 0 unspecified atom stereocenters. The number of amides is 1. The van der Waals surface area contributed by atoms with E-state index in [1.165, 1.54) is 7.11 Å². The van der Waals surface area contributed by atoms with Crippen LogP contribution in [0, 0.1) is 14.9 Å². The summed E-state index contributed by atoms with van der Waals surface area (Å²) in [7, 11) is 3.07. The van der Waals surface area contributed by atoms with E-state index >= 15 is 0 Å². The fourth-order valence-corrected chi connectivity index (χ4v) is 2.66. The van der Waals surface area contributed by atoms with Crippen LogP contribution in [0.3, 0.4) is 0 Å². The van der Waals surface area contributed by atoms with E-state index < -0.39 is 0 Å². The van der Waals surface area contributed by atoms with E-state index in [1.807, 2.05) is 6.07 Å². The van der Waals surface area contributed by atoms with Crippen molar-refractivity contribution in [2.75, 3.05) is 26.1 Å². The Morgan fingerprint density at radius 2 is 1.79 bits per heavy atom. The van der Waals surface area contributed by atoms with Crippen LogP contribution in [0.15, 0.2) is 36.4 Å². The molecule has 7 heteroatoms. The number of hydrogen-bond donors (Lipinski definition) is 1. The lowest BCUT2D eigenvalue weighted by Crippen LogP contribution is -2.14. The highest BCUT2D eigenvalue weighted by Crippen LogP contribution is 2.31. The Balaban J connectivity index is 2.16. The third kappa shape index (κ3) is 4.29. The smallest absolute Gasteiger partial charge is 0.256 e. The Morgan fingerprint density at radius 1 is 1.17 bits per heavy atom. The average Bonchev–Trinajstić information content (AvgIpc) is 2.60. The molecule has 0 aromatic heterocycles. The van der Waals surface area contributed by atoms with Gasteiger partial charge in [0.25, 0.3) is 5.91 Å². The lowest BCUT2D eigenvalue weighted by atomic mass is 10.2. The van der Waals surface area contributed by atoms with Crippen LogP contribution in [-0.4, -0.2) is 26.7 Å². The Labute approximate surface area is 153 Å². The molecule has 0 fully saturated rings. The molecule has 0 aliphatic rings. The number of anilines is 1. The zero-order valence-electron chi connectivity index (χ0n) is 13.1. The van der Waals surface area contributed by atoms with E-state index in [4.69, 9.17) is 19.5 Å². The molecule has 0 atom stereocenters. The fourth-order valence-electron chi connectivity index (χ4n) is 1.98. The summed E-state index contributed by atoms with van der Waals surface area (Å²) in [4.78, 5) is 12.5. The summed E-state index contributed by atoms with van der Waals surface area (Å²) in [6.45, 7) is -0.0183. The lowest BCUT2D eigenvalue weighted by Gasteiger charge is -2.12. The van der Waals surface area contributed by atoms with Crippen LogP contribution in [0.25, 0.3) is 0 Å². The zero-order valence-corrected chi connectivity index (χ0v) is 15.3. The van der Waals surface area contributed by atoms with E-state index in [0.717, 1.165) is 3.57 Å². The first-order valence-corrected chi connectivity index (χ1v) is 7.99. The van der Waals surface area contributed by atoms with Crippen molar-refractivity contribution in [3.63, 3.8) is 0 Å². The number of nitriles is 1. The van der Waals surface area contributed by atoms with Crippen molar-refractivity contribution in [3.05, 3.63) is 45.5 Å². The third-order valence-corrected chi connectivity index (χ3v) is 4.03. The number of nitrogens with one attached hydrogen (secondary N) is 1. The van der Waals surface area contributed by atoms with Crippen LogP contribution in [0.1, 0.15) is 10.4 Å². The second-order valence-electron chi connectivity index (χ2n) is 4.61. The van der Waals surface area contributed by atoms with Crippen LogP contribution in [-0.2, 0) is 0 Å². The molecule has 0 saturated heterocycles. The Bertz CT molecular complexity index is 769. The van der Waals surface area contributed by atoms with Gasteiger partial charge in [0.05, 0.1) is 19.8 Å². The minimum absolute atomic E-state index is 0.0183. The Morgan fingerprint density at radius 3 is 2.38 bits per heavy atom. The molecule has 1 amide bonds. The van der Waals surface area contributed by atoms with Gasteiger partial charge in [-0.15, -0.1) is 0 Å². The molecule has 1 N–H and O–H groups in total. The molecule has 6 nitrogen and oxygen atoms in total. The molecule has 0 bridgehead atoms. The molecule has 124 valence electrons. The van der Waals surface area contributed by atoms with E-state index in [2.05, 4.69) is 27.9 Å². The van der Waals surface area contributed by atoms with Gasteiger partial charge in [-0.1, -0.05) is 0 Å². The van der Waals surface area contributed by atoms with Crippen LogP contribution >= 0.6 is 22.6 Å². The summed E-state index contributed by atoms with van der Waals surface area (Å²) in [6.07, 6.45) is 0. The molecule has 2 rings (SSSR count). The molecule has 0 aliphatic carbocycles. The minimum Gasteiger partial charge on any atom is -0.493 e. The van der Waals surface area contributed by atoms with Gasteiger partial charge < -0.3 is 19.5 Å². The number of halogens is 1. The maximum Gasteiger partial charge on any atom is 0.256 e. The zero-order chi connectivity index (χ0) is 17.5. The van der Waals surface area contributed by atoms with E-state index in [1.54, 1.807) is 43.5 Å². The summed E-state index contributed by atoms with van der Waals surface area (Å²) in [5, 5.41) is 11.3. The number of methoxy groups -OCH3 is 2. The highest BCUT2D eigenvalue weighted by Gasteiger charge is 2.15. The maximum absolute atomic E-state index is 12.5. The molecule has 2 aromatic carbocycles. The summed E-state index contributed by atoms with van der Waals surface area (Å²) in [5.41, 5.74) is 1.10. The predicted octanol–water partition coefficient (Wildman–Crippen LogP) is 3.46. The second-order valence-corrected chi connectivity index (χ2v) is 5.77. The van der Waals surface area contributed by atoms with Crippen molar-refractivity contribution in [2.45, 2.75) is 0 Å². The first-order chi connectivity index (χ1) is 11.6. The number of rotatable bonds is 6. The van der Waals surface area contributed by atoms with Gasteiger partial charge in [0.2, 0.25) is 0 Å². The van der Waals surface area contributed by atoms with Crippen LogP contribution < -0.4 is 19.5 Å². The molecule has 0 aliphatic heterocycles. The van der Waals surface area contributed by atoms with Crippen molar-refractivity contribution in [2.24, 2.45) is 0 Å². The third-order valence-electron chi connectivity index (χ3n) is 3.13. The van der Waals surface area contributed by atoms with Gasteiger partial charge in [-0.05, 0) is 59.0 Å². The number of hydrogen-bond acceptors (Lipinski definition) is 5. The van der Waals surface area contributed by atoms with Crippen LogP contribution in [0.5, 0.6) is 17.2 Å². The lowest BCUT2D eigenvalue weighted by molar-refractivity contribution is 0.102. The fraction of sp³-hybridized carbons (Fsp3) is 0.176. The van der Waals surface area contributed by atoms with Gasteiger partial charge in [0.15, 0.2) is 18.1 Å². The normalized spacial score (nSPS) is 9.75. The van der Waals surface area contributed by atoms with E-state index in [-0.39, 0.29) is 12.5 Å². The van der Waals surface area contributed by atoms with Gasteiger partial charge in [-0.25, -0.2) is 0 Å². The molecule has 2 aromatic rings. The number of carbonyl (C=O) groups is 1. The first kappa shape index (κ1) is 17.9. The van der Waals surface area contributed by atoms with Gasteiger partial charge >= 0.3 is 0 Å². The van der Waals surface area contributed by atoms with E-state index in [0.29, 0.717) is 28.5 Å². The van der Waals surface area contributed by atoms with Crippen molar-refractivity contribution in [3.8, 4) is 23.3 Å². The molecule has 24 heavy (non-hydrogen) atoms. The molecule has 0 heterocycles. The molecule has 0 spiro atoms. The topological polar surface area (TPSA) is 80.6 Å². The van der Waals surface area contributed by atoms with Crippen molar-refractivity contribution >= 4 is 34.2 Å². The highest BCUT2D eigenvalue weighted by atomic mass is 127. The van der Waals surface area contributed by atoms with Crippen LogP contribution in [0.2, 0.25) is 0 Å². The number of nitrogens with zero attached hydrogens (tertiary/aromatic N) is 1. The summed E-state index contributed by atoms with van der Waals surface area (Å²) in [6, 6.07) is 12.1. The SMILES string of the molecule is COc1cc(I)c(C(=O)Nc2ccc(OCC#N)cc2)cc1OC. The van der Waals surface area contributed by atoms with Crippen molar-refractivity contribution in [1.29, 1.82) is 5.26 Å². The molecule has 0 saturated carbocycles. The van der Waals surface area contributed by atoms with Crippen molar-refractivity contribution < 1.29 is 19.0 Å². The molecular formula is C17H15IN2O4. The average molecular weight is 438 g/mol. The monoisotopic (exact) mass is 438 g/mol. The number of ether oxygens (including phenoxy) is 3. The molecule has 0 radical (unpaired) electrons. The molecular weight excluding hydrogens is 423 g/mol. The van der Waals surface area contributed by atoms with Crippen LogP contribution in [0.4, 0.5) is 5.69 Å². The van der Waals surface area contributed by atoms with Gasteiger partial charge in [0, 0.05) is 9.26 Å². The van der Waals surface area contributed by atoms with Crippen molar-refractivity contribution in [1.82, 2.24) is 0 Å². The summed E-state index contributed by atoms with van der Waals surface area (Å²) < 4.78 is 16.4. The first-order valence-electron chi connectivity index (χ1n) is 6.91. The number of benzene rings is 2. The predicted molar refractivity (Wildman–Crippen MR) is 97.8 cm³/mol. The quantitative estimate of drug-likeness (QED) is 0.699. The summed E-state index contributed by atoms with van der Waals surface area (Å²) >= 11 is 2.07. The summed E-state index contributed by atoms with van der Waals surface area (Å²) in [5.74, 6) is 1.36. The van der Waals surface area contributed by atoms with Gasteiger partial charge in [-0.2, -0.15) is 5.26 Å². The largest absolute Gasteiger partial charge is 0.493 e. The minimum atomic E-state index is -0.258. The van der Waals surface area contributed by atoms with Gasteiger partial charge in [-0.3, -0.25) is 4.79 Å². The Kier molecular flexibility index (Phi) is 6.26. The highest BCUT2D eigenvalue weighted by molar-refractivity contribution is 14.1. The number of carbonyl (C=O) groups excluding carboxylic acids is 1. The Hall–Kier alpha value is -2.47. The van der Waals surface area contributed by atoms with E-state index in [9.17, 15) is 4.79 Å². The maximum atomic E-state index is 12.5. The second kappa shape index (κ2) is 8.40. The van der Waals surface area contributed by atoms with Gasteiger partial charge in [0.1, 0.15) is 11.8 Å².